The molecule has 1 aliphatic rings. The molecule has 8 nitrogen and oxygen atoms in total. The molecule has 0 bridgehead atoms. The van der Waals surface area contributed by atoms with Crippen LogP contribution in [0.1, 0.15) is 23.6 Å². The number of aryl methyl sites for hydroxylation is 1. The molecule has 0 saturated heterocycles. The molecule has 2 atom stereocenters. The Balaban J connectivity index is 1.58. The predicted molar refractivity (Wildman–Crippen MR) is 80.5 cm³/mol. The van der Waals surface area contributed by atoms with Crippen LogP contribution in [0, 0.1) is 10.1 Å². The number of benzene rings is 1. The Morgan fingerprint density at radius 2 is 2.26 bits per heavy atom. The SMILES string of the molecule is O=C(CCn1cc([N+](=O)[O-])cn1)N[C@H]1c2ccccc2C[C@H]1O. The summed E-state index contributed by atoms with van der Waals surface area (Å²) in [5.41, 5.74) is 1.86. The molecule has 1 aliphatic carbocycles. The molecule has 120 valence electrons. The number of nitrogens with zero attached hydrogens (tertiary/aromatic N) is 3. The second-order valence-corrected chi connectivity index (χ2v) is 5.48. The zero-order valence-electron chi connectivity index (χ0n) is 12.3. The molecule has 2 aromatic rings. The summed E-state index contributed by atoms with van der Waals surface area (Å²) in [6, 6.07) is 7.20. The maximum atomic E-state index is 12.1. The van der Waals surface area contributed by atoms with E-state index in [0.29, 0.717) is 6.42 Å². The number of hydrogen-bond donors (Lipinski definition) is 2. The Morgan fingerprint density at radius 3 is 3.00 bits per heavy atom. The number of carbonyl (C=O) groups excluding carboxylic acids is 1. The van der Waals surface area contributed by atoms with Gasteiger partial charge in [-0.05, 0) is 11.1 Å². The third-order valence-electron chi connectivity index (χ3n) is 3.92. The van der Waals surface area contributed by atoms with Crippen molar-refractivity contribution in [3.8, 4) is 0 Å². The highest BCUT2D eigenvalue weighted by Crippen LogP contribution is 2.31. The second kappa shape index (κ2) is 6.17. The van der Waals surface area contributed by atoms with E-state index in [0.717, 1.165) is 17.3 Å². The molecule has 0 unspecified atom stereocenters. The van der Waals surface area contributed by atoms with Crippen LogP contribution in [0.3, 0.4) is 0 Å². The Morgan fingerprint density at radius 1 is 1.48 bits per heavy atom. The largest absolute Gasteiger partial charge is 0.390 e. The predicted octanol–water partition coefficient (Wildman–Crippen LogP) is 0.956. The van der Waals surface area contributed by atoms with Crippen LogP contribution >= 0.6 is 0 Å². The third-order valence-corrected chi connectivity index (χ3v) is 3.92. The number of aliphatic hydroxyl groups is 1. The van der Waals surface area contributed by atoms with Gasteiger partial charge in [-0.1, -0.05) is 24.3 Å². The van der Waals surface area contributed by atoms with Crippen LogP contribution in [0.15, 0.2) is 36.7 Å². The van der Waals surface area contributed by atoms with E-state index in [1.165, 1.54) is 10.9 Å². The van der Waals surface area contributed by atoms with Crippen molar-refractivity contribution in [2.24, 2.45) is 0 Å². The molecule has 0 radical (unpaired) electrons. The molecule has 0 aliphatic heterocycles. The van der Waals surface area contributed by atoms with Crippen LogP contribution in [0.2, 0.25) is 0 Å². The van der Waals surface area contributed by atoms with Gasteiger partial charge in [-0.3, -0.25) is 19.6 Å². The second-order valence-electron chi connectivity index (χ2n) is 5.48. The number of nitrogens with one attached hydrogen (secondary N) is 1. The normalized spacial score (nSPS) is 19.3. The van der Waals surface area contributed by atoms with E-state index in [-0.39, 0.29) is 24.6 Å². The fraction of sp³-hybridized carbons (Fsp3) is 0.333. The van der Waals surface area contributed by atoms with Crippen molar-refractivity contribution in [3.63, 3.8) is 0 Å². The zero-order chi connectivity index (χ0) is 16.4. The summed E-state index contributed by atoms with van der Waals surface area (Å²) >= 11 is 0. The first-order valence-corrected chi connectivity index (χ1v) is 7.26. The number of amides is 1. The minimum atomic E-state index is -0.637. The van der Waals surface area contributed by atoms with E-state index in [4.69, 9.17) is 0 Å². The first kappa shape index (κ1) is 15.2. The molecule has 0 saturated carbocycles. The van der Waals surface area contributed by atoms with E-state index >= 15 is 0 Å². The van der Waals surface area contributed by atoms with Crippen LogP contribution in [0.4, 0.5) is 5.69 Å². The molecule has 0 fully saturated rings. The van der Waals surface area contributed by atoms with E-state index in [1.807, 2.05) is 24.3 Å². The van der Waals surface area contributed by atoms with Crippen LogP contribution in [-0.4, -0.2) is 31.8 Å². The molecule has 1 aromatic heterocycles. The van der Waals surface area contributed by atoms with Gasteiger partial charge in [-0.25, -0.2) is 0 Å². The molecular formula is C15H16N4O4. The number of aromatic nitrogens is 2. The fourth-order valence-electron chi connectivity index (χ4n) is 2.78. The number of hydrogen-bond acceptors (Lipinski definition) is 5. The zero-order valence-corrected chi connectivity index (χ0v) is 12.3. The minimum absolute atomic E-state index is 0.106. The number of carbonyl (C=O) groups is 1. The van der Waals surface area contributed by atoms with Crippen molar-refractivity contribution in [3.05, 3.63) is 57.9 Å². The first-order chi connectivity index (χ1) is 11.0. The lowest BCUT2D eigenvalue weighted by atomic mass is 10.1. The Hall–Kier alpha value is -2.74. The Labute approximate surface area is 131 Å². The standard InChI is InChI=1S/C15H16N4O4/c20-13-7-10-3-1-2-4-12(10)15(13)17-14(21)5-6-18-9-11(8-16-18)19(22)23/h1-4,8-9,13,15,20H,5-7H2,(H,17,21)/t13-,15+/m1/s1. The quantitative estimate of drug-likeness (QED) is 0.630. The van der Waals surface area contributed by atoms with Crippen molar-refractivity contribution in [2.75, 3.05) is 0 Å². The highest BCUT2D eigenvalue weighted by molar-refractivity contribution is 5.76. The number of aliphatic hydroxyl groups excluding tert-OH is 1. The Bertz CT molecular complexity index is 743. The first-order valence-electron chi connectivity index (χ1n) is 7.26. The van der Waals surface area contributed by atoms with Crippen molar-refractivity contribution in [2.45, 2.75) is 31.5 Å². The lowest BCUT2D eigenvalue weighted by molar-refractivity contribution is -0.385. The lowest BCUT2D eigenvalue weighted by Crippen LogP contribution is -2.34. The van der Waals surface area contributed by atoms with Crippen LogP contribution in [0.25, 0.3) is 0 Å². The van der Waals surface area contributed by atoms with Crippen molar-refractivity contribution in [1.29, 1.82) is 0 Å². The van der Waals surface area contributed by atoms with Gasteiger partial charge < -0.3 is 10.4 Å². The average Bonchev–Trinajstić information content (AvgIpc) is 3.11. The van der Waals surface area contributed by atoms with Crippen LogP contribution < -0.4 is 5.32 Å². The van der Waals surface area contributed by atoms with Gasteiger partial charge >= 0.3 is 5.69 Å². The lowest BCUT2D eigenvalue weighted by Gasteiger charge is -2.17. The van der Waals surface area contributed by atoms with E-state index < -0.39 is 17.1 Å². The van der Waals surface area contributed by atoms with E-state index in [2.05, 4.69) is 10.4 Å². The molecule has 23 heavy (non-hydrogen) atoms. The van der Waals surface area contributed by atoms with Gasteiger partial charge in [0.1, 0.15) is 12.4 Å². The topological polar surface area (TPSA) is 110 Å². The molecular weight excluding hydrogens is 300 g/mol. The van der Waals surface area contributed by atoms with Gasteiger partial charge in [0.2, 0.25) is 5.91 Å². The van der Waals surface area contributed by atoms with Gasteiger partial charge in [0.05, 0.1) is 17.1 Å². The van der Waals surface area contributed by atoms with Crippen LogP contribution in [-0.2, 0) is 17.8 Å². The summed E-state index contributed by atoms with van der Waals surface area (Å²) in [6.07, 6.45) is 2.45. The third kappa shape index (κ3) is 3.21. The van der Waals surface area contributed by atoms with Gasteiger partial charge in [-0.2, -0.15) is 5.10 Å². The summed E-state index contributed by atoms with van der Waals surface area (Å²) in [6.45, 7) is 0.240. The van der Waals surface area contributed by atoms with Gasteiger partial charge in [0, 0.05) is 19.4 Å². The highest BCUT2D eigenvalue weighted by atomic mass is 16.6. The summed E-state index contributed by atoms with van der Waals surface area (Å²) in [5.74, 6) is -0.232. The molecule has 3 rings (SSSR count). The van der Waals surface area contributed by atoms with Crippen LogP contribution in [0.5, 0.6) is 0 Å². The van der Waals surface area contributed by atoms with Crippen molar-refractivity contribution in [1.82, 2.24) is 15.1 Å². The summed E-state index contributed by atoms with van der Waals surface area (Å²) in [4.78, 5) is 22.1. The van der Waals surface area contributed by atoms with Gasteiger partial charge in [0.15, 0.2) is 0 Å². The molecule has 1 heterocycles. The molecule has 1 amide bonds. The minimum Gasteiger partial charge on any atom is -0.390 e. The van der Waals surface area contributed by atoms with E-state index in [9.17, 15) is 20.0 Å². The molecule has 2 N–H and O–H groups in total. The highest BCUT2D eigenvalue weighted by Gasteiger charge is 2.31. The van der Waals surface area contributed by atoms with Gasteiger partial charge in [0.25, 0.3) is 0 Å². The molecule has 8 heteroatoms. The van der Waals surface area contributed by atoms with Crippen molar-refractivity contribution >= 4 is 11.6 Å². The van der Waals surface area contributed by atoms with Gasteiger partial charge in [-0.15, -0.1) is 0 Å². The monoisotopic (exact) mass is 316 g/mol. The molecule has 1 aromatic carbocycles. The maximum absolute atomic E-state index is 12.1. The number of fused-ring (bicyclic) bond motifs is 1. The fourth-order valence-corrected chi connectivity index (χ4v) is 2.78. The number of nitro groups is 1. The average molecular weight is 316 g/mol. The summed E-state index contributed by atoms with van der Waals surface area (Å²) in [5, 5.41) is 27.3. The summed E-state index contributed by atoms with van der Waals surface area (Å²) in [7, 11) is 0. The van der Waals surface area contributed by atoms with E-state index in [1.54, 1.807) is 0 Å². The molecule has 0 spiro atoms. The maximum Gasteiger partial charge on any atom is 0.306 e. The smallest absolute Gasteiger partial charge is 0.306 e. The Kier molecular flexibility index (Phi) is 4.07. The number of rotatable bonds is 5. The van der Waals surface area contributed by atoms with Crippen molar-refractivity contribution < 1.29 is 14.8 Å². The summed E-state index contributed by atoms with van der Waals surface area (Å²) < 4.78 is 1.36.